The van der Waals surface area contributed by atoms with Crippen molar-refractivity contribution < 1.29 is 33.0 Å². The van der Waals surface area contributed by atoms with Gasteiger partial charge >= 0.3 is 12.8 Å². The molecule has 1 aromatic rings. The van der Waals surface area contributed by atoms with Gasteiger partial charge in [-0.2, -0.15) is 8.78 Å². The molecule has 38 heavy (non-hydrogen) atoms. The number of ether oxygens (including phenoxy) is 2. The van der Waals surface area contributed by atoms with E-state index in [1.807, 2.05) is 17.0 Å². The zero-order chi connectivity index (χ0) is 26.4. The highest BCUT2D eigenvalue weighted by molar-refractivity contribution is 7.99. The molecule has 1 aromatic heterocycles. The number of carboxylic acid groups (broad SMARTS) is 1. The number of alkyl halides is 2. The van der Waals surface area contributed by atoms with E-state index in [0.717, 1.165) is 31.5 Å². The van der Waals surface area contributed by atoms with E-state index in [4.69, 9.17) is 19.6 Å². The zero-order valence-electron chi connectivity index (χ0n) is 21.3. The standard InChI is InChI=1S/C27H35F2N3O5S/c28-25(29)37-27-11-15-9-16(12-27)22(17(10-15)13-27)31-23(33)20-5-6-21(30-24(20)38-19-3-1-2-4-19)32-8-7-18(14-32)36-26(34)35/h5-6,15-19,22,25H,1-4,7-14H2,(H,31,33)(H,34,35)/t15?,16?,17?,18-,22?,27?/m1/s1. The van der Waals surface area contributed by atoms with E-state index < -0.39 is 24.5 Å². The largest absolute Gasteiger partial charge is 0.506 e. The third kappa shape index (κ3) is 5.33. The zero-order valence-corrected chi connectivity index (χ0v) is 22.1. The molecule has 8 nitrogen and oxygen atoms in total. The summed E-state index contributed by atoms with van der Waals surface area (Å²) in [5.74, 6) is 1.26. The van der Waals surface area contributed by atoms with Gasteiger partial charge in [0.2, 0.25) is 0 Å². The van der Waals surface area contributed by atoms with Crippen molar-refractivity contribution in [3.05, 3.63) is 17.7 Å². The Morgan fingerprint density at radius 1 is 1.13 bits per heavy atom. The molecule has 2 unspecified atom stereocenters. The van der Waals surface area contributed by atoms with Crippen LogP contribution in [0, 0.1) is 17.8 Å². The van der Waals surface area contributed by atoms with Crippen molar-refractivity contribution in [3.63, 3.8) is 0 Å². The number of nitrogens with zero attached hydrogens (tertiary/aromatic N) is 2. The Bertz CT molecular complexity index is 1050. The molecule has 6 aliphatic rings. The summed E-state index contributed by atoms with van der Waals surface area (Å²) in [6.07, 6.45) is 7.22. The minimum Gasteiger partial charge on any atom is -0.450 e. The molecule has 2 heterocycles. The Balaban J connectivity index is 1.19. The van der Waals surface area contributed by atoms with Gasteiger partial charge in [-0.15, -0.1) is 11.8 Å². The number of hydrogen-bond acceptors (Lipinski definition) is 7. The fourth-order valence-corrected chi connectivity index (χ4v) is 9.28. The van der Waals surface area contributed by atoms with Gasteiger partial charge in [0, 0.05) is 24.3 Å². The van der Waals surface area contributed by atoms with Crippen molar-refractivity contribution in [2.75, 3.05) is 18.0 Å². The molecule has 1 amide bonds. The summed E-state index contributed by atoms with van der Waals surface area (Å²) in [5.41, 5.74) is -0.188. The first-order valence-corrected chi connectivity index (χ1v) is 14.7. The van der Waals surface area contributed by atoms with E-state index in [1.54, 1.807) is 11.8 Å². The monoisotopic (exact) mass is 551 g/mol. The average molecular weight is 552 g/mol. The van der Waals surface area contributed by atoms with Gasteiger partial charge in [0.25, 0.3) is 5.91 Å². The first-order valence-electron chi connectivity index (χ1n) is 13.9. The molecular formula is C27H35F2N3O5S. The van der Waals surface area contributed by atoms with Crippen LogP contribution in [-0.2, 0) is 9.47 Å². The van der Waals surface area contributed by atoms with Crippen LogP contribution < -0.4 is 10.2 Å². The van der Waals surface area contributed by atoms with E-state index in [9.17, 15) is 18.4 Å². The number of pyridine rings is 1. The van der Waals surface area contributed by atoms with Crippen molar-refractivity contribution in [2.24, 2.45) is 17.8 Å². The van der Waals surface area contributed by atoms with Crippen molar-refractivity contribution in [2.45, 2.75) is 98.8 Å². The Morgan fingerprint density at radius 3 is 2.55 bits per heavy atom. The third-order valence-electron chi connectivity index (χ3n) is 9.26. The molecule has 6 fully saturated rings. The molecule has 11 heteroatoms. The van der Waals surface area contributed by atoms with Crippen LogP contribution in [0.3, 0.4) is 0 Å². The molecule has 208 valence electrons. The van der Waals surface area contributed by atoms with Crippen LogP contribution in [-0.4, -0.2) is 64.9 Å². The van der Waals surface area contributed by atoms with Crippen molar-refractivity contribution in [1.29, 1.82) is 0 Å². The van der Waals surface area contributed by atoms with Gasteiger partial charge in [-0.3, -0.25) is 4.79 Å². The van der Waals surface area contributed by atoms with Crippen molar-refractivity contribution >= 4 is 29.6 Å². The molecule has 7 rings (SSSR count). The molecule has 0 spiro atoms. The number of halogens is 2. The second kappa shape index (κ2) is 10.4. The number of anilines is 1. The first kappa shape index (κ1) is 26.1. The summed E-state index contributed by atoms with van der Waals surface area (Å²) in [4.78, 5) is 31.5. The molecular weight excluding hydrogens is 516 g/mol. The Hall–Kier alpha value is -2.14. The molecule has 0 aromatic carbocycles. The fraction of sp³-hybridized carbons (Fsp3) is 0.741. The summed E-state index contributed by atoms with van der Waals surface area (Å²) >= 11 is 1.66. The topological polar surface area (TPSA) is 101 Å². The van der Waals surface area contributed by atoms with Crippen molar-refractivity contribution in [1.82, 2.24) is 10.3 Å². The molecule has 2 N–H and O–H groups in total. The highest BCUT2D eigenvalue weighted by atomic mass is 32.2. The molecule has 5 aliphatic carbocycles. The molecule has 1 saturated heterocycles. The van der Waals surface area contributed by atoms with Gasteiger partial charge in [-0.25, -0.2) is 9.78 Å². The number of nitrogens with one attached hydrogen (secondary N) is 1. The summed E-state index contributed by atoms with van der Waals surface area (Å²) < 4.78 is 36.5. The fourth-order valence-electron chi connectivity index (χ4n) is 7.96. The van der Waals surface area contributed by atoms with E-state index in [0.29, 0.717) is 60.5 Å². The number of rotatable bonds is 8. The van der Waals surface area contributed by atoms with Gasteiger partial charge in [0.1, 0.15) is 16.9 Å². The lowest BCUT2D eigenvalue weighted by molar-refractivity contribution is -0.260. The van der Waals surface area contributed by atoms with Gasteiger partial charge in [0.15, 0.2) is 0 Å². The summed E-state index contributed by atoms with van der Waals surface area (Å²) in [7, 11) is 0. The molecule has 0 radical (unpaired) electrons. The van der Waals surface area contributed by atoms with Crippen LogP contribution in [0.4, 0.5) is 19.4 Å². The lowest BCUT2D eigenvalue weighted by Crippen LogP contribution is -2.62. The maximum absolute atomic E-state index is 13.7. The number of carbonyl (C=O) groups excluding carboxylic acids is 1. The molecule has 5 saturated carbocycles. The van der Waals surface area contributed by atoms with E-state index >= 15 is 0 Å². The maximum atomic E-state index is 13.7. The number of thioether (sulfide) groups is 1. The molecule has 1 aliphatic heterocycles. The summed E-state index contributed by atoms with van der Waals surface area (Å²) in [5, 5.41) is 13.4. The van der Waals surface area contributed by atoms with Gasteiger partial charge in [-0.05, 0) is 74.8 Å². The molecule has 4 bridgehead atoms. The first-order chi connectivity index (χ1) is 18.3. The lowest BCUT2D eigenvalue weighted by atomic mass is 9.52. The van der Waals surface area contributed by atoms with Crippen LogP contribution >= 0.6 is 11.8 Å². The van der Waals surface area contributed by atoms with Gasteiger partial charge in [-0.1, -0.05) is 12.8 Å². The van der Waals surface area contributed by atoms with Gasteiger partial charge < -0.3 is 24.8 Å². The number of amides is 1. The smallest absolute Gasteiger partial charge is 0.450 e. The predicted octanol–water partition coefficient (Wildman–Crippen LogP) is 5.31. The second-order valence-electron chi connectivity index (χ2n) is 11.8. The highest BCUT2D eigenvalue weighted by Crippen LogP contribution is 2.57. The minimum absolute atomic E-state index is 0.0371. The van der Waals surface area contributed by atoms with Crippen LogP contribution in [0.25, 0.3) is 0 Å². The number of hydrogen-bond donors (Lipinski definition) is 2. The highest BCUT2D eigenvalue weighted by Gasteiger charge is 2.57. The Labute approximate surface area is 225 Å². The Kier molecular flexibility index (Phi) is 7.17. The lowest BCUT2D eigenvalue weighted by Gasteiger charge is -2.59. The molecule has 3 atom stereocenters. The van der Waals surface area contributed by atoms with Crippen LogP contribution in [0.1, 0.15) is 74.6 Å². The van der Waals surface area contributed by atoms with E-state index in [-0.39, 0.29) is 23.8 Å². The normalized spacial score (nSPS) is 34.3. The minimum atomic E-state index is -2.76. The average Bonchev–Trinajstić information content (AvgIpc) is 3.52. The maximum Gasteiger partial charge on any atom is 0.506 e. The van der Waals surface area contributed by atoms with Crippen molar-refractivity contribution in [3.8, 4) is 0 Å². The second-order valence-corrected chi connectivity index (χ2v) is 13.1. The van der Waals surface area contributed by atoms with Crippen LogP contribution in [0.15, 0.2) is 17.2 Å². The number of carbonyl (C=O) groups is 2. The summed E-state index contributed by atoms with van der Waals surface area (Å²) in [6.45, 7) is -1.69. The Morgan fingerprint density at radius 2 is 1.87 bits per heavy atom. The number of aromatic nitrogens is 1. The predicted molar refractivity (Wildman–Crippen MR) is 137 cm³/mol. The van der Waals surface area contributed by atoms with Crippen LogP contribution in [0.2, 0.25) is 0 Å². The SMILES string of the molecule is O=C(O)O[C@@H]1CCN(c2ccc(C(=O)NC3C4CC5CC3CC(OC(F)F)(C5)C4)c(SC3CCCC3)n2)C1. The van der Waals surface area contributed by atoms with Crippen LogP contribution in [0.5, 0.6) is 0 Å². The van der Waals surface area contributed by atoms with Gasteiger partial charge in [0.05, 0.1) is 17.7 Å². The quantitative estimate of drug-likeness (QED) is 0.420. The van der Waals surface area contributed by atoms with E-state index in [1.165, 1.54) is 12.8 Å². The third-order valence-corrected chi connectivity index (χ3v) is 10.6. The van der Waals surface area contributed by atoms with E-state index in [2.05, 4.69) is 5.32 Å². The summed E-state index contributed by atoms with van der Waals surface area (Å²) in [6, 6.07) is 3.63.